The number of benzene rings is 2. The summed E-state index contributed by atoms with van der Waals surface area (Å²) in [7, 11) is -3.61. The molecule has 2 aromatic carbocycles. The van der Waals surface area contributed by atoms with Crippen LogP contribution in [0.15, 0.2) is 59.5 Å². The fourth-order valence-corrected chi connectivity index (χ4v) is 5.46. The van der Waals surface area contributed by atoms with E-state index in [1.807, 2.05) is 44.2 Å². The van der Waals surface area contributed by atoms with Gasteiger partial charge in [-0.15, -0.1) is 0 Å². The van der Waals surface area contributed by atoms with Gasteiger partial charge in [0.05, 0.1) is 10.5 Å². The summed E-state index contributed by atoms with van der Waals surface area (Å²) in [5, 5.41) is 2.68. The average molecular weight is 445 g/mol. The van der Waals surface area contributed by atoms with Gasteiger partial charge in [-0.05, 0) is 48.1 Å². The molecule has 0 unspecified atom stereocenters. The van der Waals surface area contributed by atoms with E-state index in [0.717, 1.165) is 12.0 Å². The van der Waals surface area contributed by atoms with Crippen LogP contribution in [0.2, 0.25) is 0 Å². The SMILES string of the molecule is C[C@@H]1C[C@@H](C)CN(S(=O)(=O)c2ccc(C(=O)OCC(=O)NCc3ccccc3)cc2)C1. The average Bonchev–Trinajstić information content (AvgIpc) is 2.76. The van der Waals surface area contributed by atoms with Gasteiger partial charge in [0.15, 0.2) is 6.61 Å². The lowest BCUT2D eigenvalue weighted by molar-refractivity contribution is -0.124. The second-order valence-corrected chi connectivity index (χ2v) is 10.1. The molecule has 1 aliphatic rings. The van der Waals surface area contributed by atoms with Crippen molar-refractivity contribution in [1.82, 2.24) is 9.62 Å². The molecule has 31 heavy (non-hydrogen) atoms. The first-order chi connectivity index (χ1) is 14.8. The van der Waals surface area contributed by atoms with Crippen LogP contribution in [-0.2, 0) is 26.1 Å². The van der Waals surface area contributed by atoms with Crippen molar-refractivity contribution in [2.45, 2.75) is 31.7 Å². The number of nitrogens with zero attached hydrogens (tertiary/aromatic N) is 1. The molecule has 1 saturated heterocycles. The topological polar surface area (TPSA) is 92.8 Å². The van der Waals surface area contributed by atoms with E-state index in [9.17, 15) is 18.0 Å². The second-order valence-electron chi connectivity index (χ2n) is 8.13. The van der Waals surface area contributed by atoms with Gasteiger partial charge in [-0.2, -0.15) is 4.31 Å². The number of ether oxygens (including phenoxy) is 1. The van der Waals surface area contributed by atoms with Crippen molar-refractivity contribution in [1.29, 1.82) is 0 Å². The molecule has 0 bridgehead atoms. The standard InChI is InChI=1S/C23H28N2O5S/c1-17-12-18(2)15-25(14-17)31(28,29)21-10-8-20(9-11-21)23(27)30-16-22(26)24-13-19-6-4-3-5-7-19/h3-11,17-18H,12-16H2,1-2H3,(H,24,26)/t17-,18-/m1/s1. The van der Waals surface area contributed by atoms with Crippen molar-refractivity contribution in [3.63, 3.8) is 0 Å². The Bertz CT molecular complexity index is 996. The van der Waals surface area contributed by atoms with E-state index >= 15 is 0 Å². The van der Waals surface area contributed by atoms with E-state index in [2.05, 4.69) is 5.32 Å². The second kappa shape index (κ2) is 10.1. The molecule has 1 amide bonds. The Morgan fingerprint density at radius 3 is 2.23 bits per heavy atom. The van der Waals surface area contributed by atoms with Crippen molar-refractivity contribution in [2.75, 3.05) is 19.7 Å². The highest BCUT2D eigenvalue weighted by molar-refractivity contribution is 7.89. The molecule has 1 fully saturated rings. The van der Waals surface area contributed by atoms with Crippen LogP contribution in [0.5, 0.6) is 0 Å². The van der Waals surface area contributed by atoms with E-state index in [4.69, 9.17) is 4.74 Å². The van der Waals surface area contributed by atoms with Gasteiger partial charge < -0.3 is 10.1 Å². The third kappa shape index (κ3) is 6.15. The number of hydrogen-bond donors (Lipinski definition) is 1. The molecule has 0 aliphatic carbocycles. The van der Waals surface area contributed by atoms with E-state index < -0.39 is 28.5 Å². The van der Waals surface area contributed by atoms with Crippen LogP contribution in [-0.4, -0.2) is 44.3 Å². The van der Waals surface area contributed by atoms with Gasteiger partial charge in [0.2, 0.25) is 10.0 Å². The third-order valence-electron chi connectivity index (χ3n) is 5.23. The highest BCUT2D eigenvalue weighted by Crippen LogP contribution is 2.26. The number of sulfonamides is 1. The maximum absolute atomic E-state index is 12.9. The molecule has 3 rings (SSSR count). The number of carbonyl (C=O) groups is 2. The molecule has 166 valence electrons. The Kier molecular flexibility index (Phi) is 7.46. The summed E-state index contributed by atoms with van der Waals surface area (Å²) in [6, 6.07) is 15.0. The van der Waals surface area contributed by atoms with E-state index in [1.165, 1.54) is 28.6 Å². The molecular formula is C23H28N2O5S. The van der Waals surface area contributed by atoms with Crippen LogP contribution in [0.25, 0.3) is 0 Å². The van der Waals surface area contributed by atoms with Crippen LogP contribution < -0.4 is 5.32 Å². The minimum Gasteiger partial charge on any atom is -0.452 e. The summed E-state index contributed by atoms with van der Waals surface area (Å²) < 4.78 is 32.4. The smallest absolute Gasteiger partial charge is 0.338 e. The molecule has 1 N–H and O–H groups in total. The summed E-state index contributed by atoms with van der Waals surface area (Å²) in [5.74, 6) is -0.481. The largest absolute Gasteiger partial charge is 0.452 e. The highest BCUT2D eigenvalue weighted by atomic mass is 32.2. The maximum Gasteiger partial charge on any atom is 0.338 e. The summed E-state index contributed by atoms with van der Waals surface area (Å²) >= 11 is 0. The lowest BCUT2D eigenvalue weighted by atomic mass is 9.94. The van der Waals surface area contributed by atoms with Crippen LogP contribution in [0, 0.1) is 11.8 Å². The maximum atomic E-state index is 12.9. The Labute approximate surface area is 183 Å². The Balaban J connectivity index is 1.54. The number of amides is 1. The lowest BCUT2D eigenvalue weighted by Gasteiger charge is -2.34. The number of esters is 1. The summed E-state index contributed by atoms with van der Waals surface area (Å²) in [4.78, 5) is 24.2. The molecule has 0 aromatic heterocycles. The van der Waals surface area contributed by atoms with Gasteiger partial charge in [-0.1, -0.05) is 44.2 Å². The molecule has 8 heteroatoms. The van der Waals surface area contributed by atoms with E-state index in [0.29, 0.717) is 31.5 Å². The zero-order valence-electron chi connectivity index (χ0n) is 17.8. The number of carbonyl (C=O) groups excluding carboxylic acids is 2. The highest BCUT2D eigenvalue weighted by Gasteiger charge is 2.31. The van der Waals surface area contributed by atoms with Crippen molar-refractivity contribution >= 4 is 21.9 Å². The summed E-state index contributed by atoms with van der Waals surface area (Å²) in [6.45, 7) is 5.02. The molecule has 7 nitrogen and oxygen atoms in total. The van der Waals surface area contributed by atoms with Gasteiger partial charge in [-0.25, -0.2) is 13.2 Å². The zero-order valence-corrected chi connectivity index (χ0v) is 18.6. The molecule has 0 saturated carbocycles. The fourth-order valence-electron chi connectivity index (χ4n) is 3.78. The molecule has 1 aliphatic heterocycles. The molecular weight excluding hydrogens is 416 g/mol. The first-order valence-corrected chi connectivity index (χ1v) is 11.8. The van der Waals surface area contributed by atoms with Crippen LogP contribution in [0.4, 0.5) is 0 Å². The van der Waals surface area contributed by atoms with Crippen molar-refractivity contribution in [2.24, 2.45) is 11.8 Å². The van der Waals surface area contributed by atoms with Gasteiger partial charge in [0.25, 0.3) is 5.91 Å². The normalized spacial score (nSPS) is 19.5. The van der Waals surface area contributed by atoms with Crippen LogP contribution >= 0.6 is 0 Å². The first kappa shape index (κ1) is 23.0. The third-order valence-corrected chi connectivity index (χ3v) is 7.08. The lowest BCUT2D eigenvalue weighted by Crippen LogP contribution is -2.42. The van der Waals surface area contributed by atoms with E-state index in [1.54, 1.807) is 0 Å². The van der Waals surface area contributed by atoms with Crippen molar-refractivity contribution in [3.05, 3.63) is 65.7 Å². The first-order valence-electron chi connectivity index (χ1n) is 10.3. The fraction of sp³-hybridized carbons (Fsp3) is 0.391. The number of nitrogens with one attached hydrogen (secondary N) is 1. The van der Waals surface area contributed by atoms with Gasteiger partial charge in [0.1, 0.15) is 0 Å². The Morgan fingerprint density at radius 2 is 1.61 bits per heavy atom. The predicted octanol–water partition coefficient (Wildman–Crippen LogP) is 2.83. The summed E-state index contributed by atoms with van der Waals surface area (Å²) in [5.41, 5.74) is 1.13. The summed E-state index contributed by atoms with van der Waals surface area (Å²) in [6.07, 6.45) is 1.01. The quantitative estimate of drug-likeness (QED) is 0.663. The molecule has 2 aromatic rings. The Morgan fingerprint density at radius 1 is 1.00 bits per heavy atom. The van der Waals surface area contributed by atoms with Crippen LogP contribution in [0.3, 0.4) is 0 Å². The predicted molar refractivity (Wildman–Crippen MR) is 117 cm³/mol. The number of rotatable bonds is 7. The van der Waals surface area contributed by atoms with Gasteiger partial charge >= 0.3 is 5.97 Å². The number of hydrogen-bond acceptors (Lipinski definition) is 5. The van der Waals surface area contributed by atoms with Gasteiger partial charge in [-0.3, -0.25) is 4.79 Å². The minimum absolute atomic E-state index is 0.144. The van der Waals surface area contributed by atoms with E-state index in [-0.39, 0.29) is 10.5 Å². The minimum atomic E-state index is -3.61. The molecule has 0 spiro atoms. The monoisotopic (exact) mass is 444 g/mol. The van der Waals surface area contributed by atoms with Crippen LogP contribution in [0.1, 0.15) is 36.2 Å². The molecule has 2 atom stereocenters. The van der Waals surface area contributed by atoms with Gasteiger partial charge in [0, 0.05) is 19.6 Å². The van der Waals surface area contributed by atoms with Crippen molar-refractivity contribution in [3.8, 4) is 0 Å². The zero-order chi connectivity index (χ0) is 22.4. The van der Waals surface area contributed by atoms with Crippen molar-refractivity contribution < 1.29 is 22.7 Å². The molecule has 0 radical (unpaired) electrons. The molecule has 1 heterocycles. The number of piperidine rings is 1. The Hall–Kier alpha value is -2.71.